The molecule has 0 saturated heterocycles. The van der Waals surface area contributed by atoms with Gasteiger partial charge in [0.05, 0.1) is 5.69 Å². The Morgan fingerprint density at radius 3 is 2.37 bits per heavy atom. The lowest BCUT2D eigenvalue weighted by atomic mass is 10.2. The zero-order valence-electron chi connectivity index (χ0n) is 14.0. The molecular weight excluding hydrogens is 367 g/mol. The van der Waals surface area contributed by atoms with Crippen LogP contribution >= 0.6 is 0 Å². The topological polar surface area (TPSA) is 81.7 Å². The molecule has 27 heavy (non-hydrogen) atoms. The molecule has 6 nitrogen and oxygen atoms in total. The van der Waals surface area contributed by atoms with Gasteiger partial charge in [-0.05, 0) is 43.3 Å². The van der Waals surface area contributed by atoms with Crippen LogP contribution in [0.3, 0.4) is 0 Å². The first kappa shape index (κ1) is 20.0. The van der Waals surface area contributed by atoms with Gasteiger partial charge < -0.3 is 14.8 Å². The van der Waals surface area contributed by atoms with Crippen LogP contribution in [0.2, 0.25) is 0 Å². The van der Waals surface area contributed by atoms with Crippen molar-refractivity contribution in [3.63, 3.8) is 0 Å². The van der Waals surface area contributed by atoms with E-state index in [0.29, 0.717) is 23.7 Å². The number of hydrogen-bond donors (Lipinski definition) is 1. The van der Waals surface area contributed by atoms with E-state index in [2.05, 4.69) is 0 Å². The maximum absolute atomic E-state index is 13.5. The zero-order valence-corrected chi connectivity index (χ0v) is 14.0. The number of halogens is 3. The number of esters is 1. The van der Waals surface area contributed by atoms with E-state index in [0.717, 1.165) is 6.07 Å². The minimum Gasteiger partial charge on any atom is -0.482 e. The third-order valence-electron chi connectivity index (χ3n) is 3.34. The Labute approximate surface area is 151 Å². The number of benzene rings is 2. The fourth-order valence-corrected chi connectivity index (χ4v) is 1.93. The monoisotopic (exact) mass is 381 g/mol. The van der Waals surface area contributed by atoms with Gasteiger partial charge >= 0.3 is 5.97 Å². The Kier molecular flexibility index (Phi) is 6.53. The number of carbonyl (C=O) groups is 3. The van der Waals surface area contributed by atoms with E-state index in [9.17, 15) is 27.6 Å². The van der Waals surface area contributed by atoms with Crippen LogP contribution in [0.25, 0.3) is 0 Å². The molecule has 0 unspecified atom stereocenters. The Bertz CT molecular complexity index is 855. The second-order valence-corrected chi connectivity index (χ2v) is 5.32. The maximum atomic E-state index is 13.5. The van der Waals surface area contributed by atoms with Gasteiger partial charge in [-0.1, -0.05) is 0 Å². The highest BCUT2D eigenvalue weighted by atomic mass is 19.2. The van der Waals surface area contributed by atoms with Gasteiger partial charge in [-0.25, -0.2) is 18.0 Å². The molecule has 0 aliphatic heterocycles. The van der Waals surface area contributed by atoms with Crippen molar-refractivity contribution in [3.8, 4) is 5.75 Å². The van der Waals surface area contributed by atoms with Crippen molar-refractivity contribution in [1.29, 1.82) is 0 Å². The van der Waals surface area contributed by atoms with Gasteiger partial charge in [-0.15, -0.1) is 0 Å². The summed E-state index contributed by atoms with van der Waals surface area (Å²) in [5, 5.41) is 2.00. The van der Waals surface area contributed by atoms with Crippen molar-refractivity contribution < 1.29 is 37.0 Å². The van der Waals surface area contributed by atoms with Crippen molar-refractivity contribution in [2.24, 2.45) is 0 Å². The molecule has 1 amide bonds. The fraction of sp³-hybridized carbons (Fsp3) is 0.167. The van der Waals surface area contributed by atoms with Crippen molar-refractivity contribution in [1.82, 2.24) is 0 Å². The molecule has 1 N–H and O–H groups in total. The largest absolute Gasteiger partial charge is 0.482 e. The average Bonchev–Trinajstić information content (AvgIpc) is 2.67. The summed E-state index contributed by atoms with van der Waals surface area (Å²) in [4.78, 5) is 34.1. The predicted octanol–water partition coefficient (Wildman–Crippen LogP) is 2.87. The summed E-state index contributed by atoms with van der Waals surface area (Å²) in [5.74, 6) is -6.22. The number of amides is 1. The van der Waals surface area contributed by atoms with E-state index in [1.54, 1.807) is 0 Å². The molecular formula is C18H14F3NO5. The highest BCUT2D eigenvalue weighted by Crippen LogP contribution is 2.20. The van der Waals surface area contributed by atoms with Crippen LogP contribution in [0, 0.1) is 17.5 Å². The summed E-state index contributed by atoms with van der Waals surface area (Å²) in [5.41, 5.74) is -0.159. The second kappa shape index (κ2) is 8.84. The van der Waals surface area contributed by atoms with Gasteiger partial charge in [0.2, 0.25) is 0 Å². The van der Waals surface area contributed by atoms with E-state index in [4.69, 9.17) is 9.47 Å². The first-order valence-electron chi connectivity index (χ1n) is 7.63. The fourth-order valence-electron chi connectivity index (χ4n) is 1.93. The van der Waals surface area contributed by atoms with Crippen LogP contribution in [0.5, 0.6) is 5.75 Å². The number of rotatable bonds is 7. The molecule has 0 aliphatic rings. The smallest absolute Gasteiger partial charge is 0.344 e. The number of hydrogen-bond acceptors (Lipinski definition) is 5. The molecule has 0 aliphatic carbocycles. The van der Waals surface area contributed by atoms with Gasteiger partial charge in [0, 0.05) is 5.56 Å². The van der Waals surface area contributed by atoms with E-state index >= 15 is 0 Å². The molecule has 2 aromatic rings. The summed E-state index contributed by atoms with van der Waals surface area (Å²) in [6, 6.07) is 7.40. The number of nitrogens with one attached hydrogen (secondary N) is 1. The SMILES string of the molecule is C[C@@H](OC(=O)COc1ccc(C=O)cc1)C(=O)Nc1ccc(F)c(F)c1F. The lowest BCUT2D eigenvalue weighted by molar-refractivity contribution is -0.155. The quantitative estimate of drug-likeness (QED) is 0.453. The molecule has 0 heterocycles. The minimum atomic E-state index is -1.73. The molecule has 0 fully saturated rings. The normalized spacial score (nSPS) is 11.4. The van der Waals surface area contributed by atoms with Crippen LogP contribution < -0.4 is 10.1 Å². The molecule has 1 atom stereocenters. The zero-order chi connectivity index (χ0) is 20.0. The van der Waals surface area contributed by atoms with Gasteiger partial charge in [0.15, 0.2) is 30.2 Å². The Morgan fingerprint density at radius 1 is 1.07 bits per heavy atom. The van der Waals surface area contributed by atoms with Crippen molar-refractivity contribution >= 4 is 23.9 Å². The van der Waals surface area contributed by atoms with E-state index in [-0.39, 0.29) is 0 Å². The van der Waals surface area contributed by atoms with Crippen LogP contribution in [0.4, 0.5) is 18.9 Å². The van der Waals surface area contributed by atoms with Crippen LogP contribution in [0.1, 0.15) is 17.3 Å². The average molecular weight is 381 g/mol. The van der Waals surface area contributed by atoms with Gasteiger partial charge in [-0.3, -0.25) is 9.59 Å². The van der Waals surface area contributed by atoms with Gasteiger partial charge in [-0.2, -0.15) is 0 Å². The summed E-state index contributed by atoms with van der Waals surface area (Å²) >= 11 is 0. The van der Waals surface area contributed by atoms with Crippen molar-refractivity contribution in [2.45, 2.75) is 13.0 Å². The van der Waals surface area contributed by atoms with E-state index in [1.165, 1.54) is 31.2 Å². The number of aldehydes is 1. The Hall–Kier alpha value is -3.36. The standard InChI is InChI=1S/C18H14F3NO5/c1-10(18(25)22-14-7-6-13(19)16(20)17(14)21)27-15(24)9-26-12-4-2-11(8-23)3-5-12/h2-8,10H,9H2,1H3,(H,22,25)/t10-/m1/s1. The number of carbonyl (C=O) groups excluding carboxylic acids is 3. The summed E-state index contributed by atoms with van der Waals surface area (Å²) < 4.78 is 49.5. The maximum Gasteiger partial charge on any atom is 0.344 e. The second-order valence-electron chi connectivity index (χ2n) is 5.32. The highest BCUT2D eigenvalue weighted by molar-refractivity contribution is 5.95. The lowest BCUT2D eigenvalue weighted by Crippen LogP contribution is -2.32. The van der Waals surface area contributed by atoms with Gasteiger partial charge in [0.25, 0.3) is 5.91 Å². The minimum absolute atomic E-state index is 0.304. The number of anilines is 1. The van der Waals surface area contributed by atoms with E-state index < -0.39 is 47.7 Å². The third kappa shape index (κ3) is 5.30. The molecule has 0 aromatic heterocycles. The molecule has 0 saturated carbocycles. The first-order chi connectivity index (χ1) is 12.8. The third-order valence-corrected chi connectivity index (χ3v) is 3.34. The Morgan fingerprint density at radius 2 is 1.74 bits per heavy atom. The van der Waals surface area contributed by atoms with Crippen molar-refractivity contribution in [2.75, 3.05) is 11.9 Å². The summed E-state index contributed by atoms with van der Waals surface area (Å²) in [6.07, 6.45) is -0.695. The van der Waals surface area contributed by atoms with Crippen molar-refractivity contribution in [3.05, 3.63) is 59.4 Å². The van der Waals surface area contributed by atoms with Crippen LogP contribution in [0.15, 0.2) is 36.4 Å². The van der Waals surface area contributed by atoms with E-state index in [1.807, 2.05) is 5.32 Å². The molecule has 0 bridgehead atoms. The van der Waals surface area contributed by atoms with Crippen LogP contribution in [-0.2, 0) is 14.3 Å². The molecule has 2 rings (SSSR count). The predicted molar refractivity (Wildman–Crippen MR) is 87.8 cm³/mol. The molecule has 2 aromatic carbocycles. The Balaban J connectivity index is 1.86. The summed E-state index contributed by atoms with van der Waals surface area (Å²) in [7, 11) is 0. The first-order valence-corrected chi connectivity index (χ1v) is 7.63. The molecule has 0 radical (unpaired) electrons. The van der Waals surface area contributed by atoms with Gasteiger partial charge in [0.1, 0.15) is 12.0 Å². The molecule has 9 heteroatoms. The summed E-state index contributed by atoms with van der Waals surface area (Å²) in [6.45, 7) is 0.696. The lowest BCUT2D eigenvalue weighted by Gasteiger charge is -2.14. The van der Waals surface area contributed by atoms with Crippen LogP contribution in [-0.4, -0.2) is 30.9 Å². The molecule has 0 spiro atoms. The number of ether oxygens (including phenoxy) is 2. The molecule has 142 valence electrons. The highest BCUT2D eigenvalue weighted by Gasteiger charge is 2.21.